The third-order valence-corrected chi connectivity index (χ3v) is 3.58. The third kappa shape index (κ3) is 3.42. The summed E-state index contributed by atoms with van der Waals surface area (Å²) in [5, 5.41) is 3.40. The van der Waals surface area contributed by atoms with Crippen molar-refractivity contribution < 1.29 is 9.53 Å². The van der Waals surface area contributed by atoms with Gasteiger partial charge in [0, 0.05) is 0 Å². The molecule has 0 saturated carbocycles. The van der Waals surface area contributed by atoms with Gasteiger partial charge in [-0.15, -0.1) is 0 Å². The van der Waals surface area contributed by atoms with E-state index in [-0.39, 0.29) is 0 Å². The van der Waals surface area contributed by atoms with Crippen molar-refractivity contribution in [1.29, 1.82) is 0 Å². The minimum atomic E-state index is -0.527. The van der Waals surface area contributed by atoms with Crippen molar-refractivity contribution in [1.82, 2.24) is 10.3 Å². The van der Waals surface area contributed by atoms with E-state index >= 15 is 0 Å². The van der Waals surface area contributed by atoms with E-state index in [1.54, 1.807) is 6.07 Å². The molecular weight excluding hydrogens is 276 g/mol. The Morgan fingerprint density at radius 1 is 1.45 bits per heavy atom. The lowest BCUT2D eigenvalue weighted by molar-refractivity contribution is 0.0447. The van der Waals surface area contributed by atoms with E-state index < -0.39 is 17.2 Å². The van der Waals surface area contributed by atoms with Gasteiger partial charge in [-0.3, -0.25) is 0 Å². The maximum Gasteiger partial charge on any atom is 0.408 e. The molecule has 0 fully saturated rings. The maximum atomic E-state index is 12.0. The number of alkyl carbamates (subject to hydrolysis) is 1. The second-order valence-electron chi connectivity index (χ2n) is 6.45. The quantitative estimate of drug-likeness (QED) is 0.802. The molecule has 1 N–H and O–H groups in total. The predicted molar refractivity (Wildman–Crippen MR) is 78.9 cm³/mol. The van der Waals surface area contributed by atoms with E-state index in [0.717, 1.165) is 30.5 Å². The fourth-order valence-electron chi connectivity index (χ4n) is 2.55. The highest BCUT2D eigenvalue weighted by Crippen LogP contribution is 2.34. The van der Waals surface area contributed by atoms with Crippen LogP contribution in [0.4, 0.5) is 4.79 Å². The van der Waals surface area contributed by atoms with Crippen LogP contribution in [0.15, 0.2) is 12.1 Å². The van der Waals surface area contributed by atoms with Crippen molar-refractivity contribution >= 4 is 17.7 Å². The topological polar surface area (TPSA) is 51.2 Å². The van der Waals surface area contributed by atoms with Crippen LogP contribution in [0, 0.1) is 0 Å². The van der Waals surface area contributed by atoms with Crippen LogP contribution in [0.3, 0.4) is 0 Å². The molecule has 0 bridgehead atoms. The van der Waals surface area contributed by atoms with Crippen LogP contribution < -0.4 is 5.32 Å². The number of halogens is 1. The third-order valence-electron chi connectivity index (χ3n) is 3.37. The van der Waals surface area contributed by atoms with Gasteiger partial charge in [-0.05, 0) is 58.6 Å². The zero-order valence-electron chi connectivity index (χ0n) is 12.4. The number of ether oxygens (including phenoxy) is 1. The Labute approximate surface area is 124 Å². The molecule has 1 aromatic rings. The fourth-order valence-corrected chi connectivity index (χ4v) is 2.69. The van der Waals surface area contributed by atoms with E-state index in [1.807, 2.05) is 33.8 Å². The fraction of sp³-hybridized carbons (Fsp3) is 0.600. The Balaban J connectivity index is 2.24. The number of carbonyl (C=O) groups is 1. The summed E-state index contributed by atoms with van der Waals surface area (Å²) in [4.78, 5) is 16.4. The van der Waals surface area contributed by atoms with E-state index in [0.29, 0.717) is 5.15 Å². The Morgan fingerprint density at radius 2 is 2.15 bits per heavy atom. The number of hydrogen-bond donors (Lipinski definition) is 1. The monoisotopic (exact) mass is 296 g/mol. The van der Waals surface area contributed by atoms with Crippen LogP contribution in [0.2, 0.25) is 5.15 Å². The molecule has 0 aliphatic heterocycles. The van der Waals surface area contributed by atoms with Gasteiger partial charge in [0.2, 0.25) is 0 Å². The number of nitrogens with one attached hydrogen (secondary N) is 1. The Bertz CT molecular complexity index is 525. The van der Waals surface area contributed by atoms with Gasteiger partial charge in [-0.25, -0.2) is 9.78 Å². The van der Waals surface area contributed by atoms with Crippen LogP contribution in [0.1, 0.15) is 51.8 Å². The molecule has 2 rings (SSSR count). The van der Waals surface area contributed by atoms with E-state index in [2.05, 4.69) is 10.3 Å². The summed E-state index contributed by atoms with van der Waals surface area (Å²) in [6.45, 7) is 7.51. The summed E-state index contributed by atoms with van der Waals surface area (Å²) >= 11 is 5.99. The van der Waals surface area contributed by atoms with Crippen molar-refractivity contribution in [3.05, 3.63) is 28.5 Å². The number of fused-ring (bicyclic) bond motifs is 1. The second kappa shape index (κ2) is 5.24. The Kier molecular flexibility index (Phi) is 3.96. The highest BCUT2D eigenvalue weighted by Gasteiger charge is 2.36. The zero-order chi connectivity index (χ0) is 15.0. The summed E-state index contributed by atoms with van der Waals surface area (Å²) in [5.74, 6) is 0. The number of rotatable bonds is 1. The zero-order valence-corrected chi connectivity index (χ0v) is 13.2. The molecule has 1 atom stereocenters. The summed E-state index contributed by atoms with van der Waals surface area (Å²) in [7, 11) is 0. The van der Waals surface area contributed by atoms with E-state index in [4.69, 9.17) is 16.3 Å². The highest BCUT2D eigenvalue weighted by atomic mass is 35.5. The molecule has 1 aliphatic carbocycles. The molecule has 0 spiro atoms. The number of amides is 1. The van der Waals surface area contributed by atoms with Gasteiger partial charge in [0.25, 0.3) is 0 Å². The van der Waals surface area contributed by atoms with Gasteiger partial charge < -0.3 is 10.1 Å². The normalized spacial score (nSPS) is 22.1. The molecule has 20 heavy (non-hydrogen) atoms. The van der Waals surface area contributed by atoms with E-state index in [9.17, 15) is 4.79 Å². The summed E-state index contributed by atoms with van der Waals surface area (Å²) < 4.78 is 5.34. The lowest BCUT2D eigenvalue weighted by Crippen LogP contribution is -2.48. The van der Waals surface area contributed by atoms with Crippen molar-refractivity contribution in [2.24, 2.45) is 0 Å². The minimum absolute atomic E-state index is 0.422. The van der Waals surface area contributed by atoms with Gasteiger partial charge in [0.1, 0.15) is 10.8 Å². The first-order valence-electron chi connectivity index (χ1n) is 6.87. The first-order valence-corrected chi connectivity index (χ1v) is 7.24. The van der Waals surface area contributed by atoms with Gasteiger partial charge in [0.15, 0.2) is 0 Å². The van der Waals surface area contributed by atoms with Crippen molar-refractivity contribution in [3.8, 4) is 0 Å². The molecule has 1 aromatic heterocycles. The SMILES string of the molecule is CC(C)(C)OC(=O)NC1(C)CCCc2ccc(Cl)nc21. The Morgan fingerprint density at radius 3 is 2.80 bits per heavy atom. The smallest absolute Gasteiger partial charge is 0.408 e. The van der Waals surface area contributed by atoms with Crippen LogP contribution in [0.5, 0.6) is 0 Å². The molecule has 5 heteroatoms. The van der Waals surface area contributed by atoms with Crippen LogP contribution in [0.25, 0.3) is 0 Å². The van der Waals surface area contributed by atoms with Crippen molar-refractivity contribution in [3.63, 3.8) is 0 Å². The van der Waals surface area contributed by atoms with Crippen LogP contribution in [-0.2, 0) is 16.7 Å². The second-order valence-corrected chi connectivity index (χ2v) is 6.84. The summed E-state index contributed by atoms with van der Waals surface area (Å²) in [6.07, 6.45) is 2.37. The molecule has 0 saturated heterocycles. The van der Waals surface area contributed by atoms with Gasteiger partial charge in [-0.1, -0.05) is 17.7 Å². The molecule has 0 radical (unpaired) electrons. The average molecular weight is 297 g/mol. The molecule has 1 unspecified atom stereocenters. The van der Waals surface area contributed by atoms with Crippen LogP contribution >= 0.6 is 11.6 Å². The first-order chi connectivity index (χ1) is 9.20. The number of nitrogens with zero attached hydrogens (tertiary/aromatic N) is 1. The van der Waals surface area contributed by atoms with Gasteiger partial charge in [0.05, 0.1) is 11.2 Å². The predicted octanol–water partition coefficient (Wildman–Crippen LogP) is 3.81. The molecule has 1 amide bonds. The first kappa shape index (κ1) is 15.1. The number of aromatic nitrogens is 1. The minimum Gasteiger partial charge on any atom is -0.444 e. The highest BCUT2D eigenvalue weighted by molar-refractivity contribution is 6.29. The molecule has 110 valence electrons. The lowest BCUT2D eigenvalue weighted by atomic mass is 9.81. The maximum absolute atomic E-state index is 12.0. The largest absolute Gasteiger partial charge is 0.444 e. The Hall–Kier alpha value is -1.29. The van der Waals surface area contributed by atoms with Gasteiger partial charge >= 0.3 is 6.09 Å². The number of pyridine rings is 1. The van der Waals surface area contributed by atoms with Crippen LogP contribution in [-0.4, -0.2) is 16.7 Å². The van der Waals surface area contributed by atoms with Gasteiger partial charge in [-0.2, -0.15) is 0 Å². The number of carbonyl (C=O) groups excluding carboxylic acids is 1. The molecule has 1 aliphatic rings. The average Bonchev–Trinajstić information content (AvgIpc) is 2.27. The summed E-state index contributed by atoms with van der Waals surface area (Å²) in [5.41, 5.74) is 0.946. The van der Waals surface area contributed by atoms with E-state index in [1.165, 1.54) is 0 Å². The molecule has 4 nitrogen and oxygen atoms in total. The standard InChI is InChI=1S/C15H21ClN2O2/c1-14(2,3)20-13(19)18-15(4)9-5-6-10-7-8-11(16)17-12(10)15/h7-8H,5-6,9H2,1-4H3,(H,18,19). The molecular formula is C15H21ClN2O2. The van der Waals surface area contributed by atoms with Crippen molar-refractivity contribution in [2.45, 2.75) is 58.1 Å². The molecule has 1 heterocycles. The molecule has 0 aromatic carbocycles. The summed E-state index contributed by atoms with van der Waals surface area (Å²) in [6, 6.07) is 3.78. The lowest BCUT2D eigenvalue weighted by Gasteiger charge is -2.36. The van der Waals surface area contributed by atoms with Crippen molar-refractivity contribution in [2.75, 3.05) is 0 Å². The number of aryl methyl sites for hydroxylation is 1. The number of hydrogen-bond acceptors (Lipinski definition) is 3.